The van der Waals surface area contributed by atoms with Gasteiger partial charge in [0.25, 0.3) is 0 Å². The van der Waals surface area contributed by atoms with Gasteiger partial charge >= 0.3 is 12.0 Å². The zero-order valence-corrected chi connectivity index (χ0v) is 4.97. The van der Waals surface area contributed by atoms with E-state index in [1.165, 1.54) is 0 Å². The molecule has 64 valence electrons. The van der Waals surface area contributed by atoms with Crippen LogP contribution in [0.4, 0.5) is 26.3 Å². The Morgan fingerprint density at radius 2 is 1.36 bits per heavy atom. The summed E-state index contributed by atoms with van der Waals surface area (Å²) in [5.41, 5.74) is 0. The Kier molecular flexibility index (Phi) is 2.72. The predicted molar refractivity (Wildman–Crippen MR) is 25.5 cm³/mol. The first-order valence-electron chi connectivity index (χ1n) is 2.24. The standard InChI is InChI=1S/C5H2F6/c1-2(6)5(10,11)3(7)4(8)9/h1H2. The largest absolute Gasteiger partial charge is 0.354 e. The van der Waals surface area contributed by atoms with Crippen LogP contribution in [0.2, 0.25) is 0 Å². The maximum Gasteiger partial charge on any atom is 0.354 e. The molecule has 0 N–H and O–H groups in total. The molecular formula is C5H2F6. The van der Waals surface area contributed by atoms with Crippen molar-refractivity contribution in [3.05, 3.63) is 24.3 Å². The molecule has 0 radical (unpaired) electrons. The highest BCUT2D eigenvalue weighted by Gasteiger charge is 2.43. The van der Waals surface area contributed by atoms with Crippen LogP contribution in [0.1, 0.15) is 0 Å². The van der Waals surface area contributed by atoms with Crippen molar-refractivity contribution in [2.45, 2.75) is 5.92 Å². The Morgan fingerprint density at radius 1 is 1.00 bits per heavy atom. The smallest absolute Gasteiger partial charge is 0.205 e. The molecule has 0 aromatic carbocycles. The summed E-state index contributed by atoms with van der Waals surface area (Å²) in [4.78, 5) is 0. The molecule has 0 heterocycles. The van der Waals surface area contributed by atoms with Crippen LogP contribution in [-0.4, -0.2) is 5.92 Å². The number of hydrogen-bond donors (Lipinski definition) is 0. The maximum atomic E-state index is 11.8. The number of rotatable bonds is 2. The van der Waals surface area contributed by atoms with Crippen LogP contribution in [-0.2, 0) is 0 Å². The summed E-state index contributed by atoms with van der Waals surface area (Å²) in [5.74, 6) is -10.5. The van der Waals surface area contributed by atoms with E-state index in [9.17, 15) is 26.3 Å². The third-order valence-electron chi connectivity index (χ3n) is 0.782. The van der Waals surface area contributed by atoms with Crippen molar-refractivity contribution >= 4 is 0 Å². The molecule has 0 spiro atoms. The van der Waals surface area contributed by atoms with E-state index in [2.05, 4.69) is 0 Å². The number of hydrogen-bond acceptors (Lipinski definition) is 0. The van der Waals surface area contributed by atoms with Crippen LogP contribution in [0.25, 0.3) is 0 Å². The van der Waals surface area contributed by atoms with Gasteiger partial charge in [0.15, 0.2) is 5.83 Å². The zero-order valence-electron chi connectivity index (χ0n) is 4.97. The van der Waals surface area contributed by atoms with Gasteiger partial charge in [0, 0.05) is 0 Å². The maximum absolute atomic E-state index is 11.8. The van der Waals surface area contributed by atoms with Crippen LogP contribution in [0.5, 0.6) is 0 Å². The second-order valence-electron chi connectivity index (χ2n) is 1.55. The zero-order chi connectivity index (χ0) is 9.23. The lowest BCUT2D eigenvalue weighted by Crippen LogP contribution is -2.17. The van der Waals surface area contributed by atoms with Crippen LogP contribution in [0.3, 0.4) is 0 Å². The summed E-state index contributed by atoms with van der Waals surface area (Å²) in [6.07, 6.45) is -3.26. The van der Waals surface area contributed by atoms with E-state index >= 15 is 0 Å². The summed E-state index contributed by atoms with van der Waals surface area (Å²) < 4.78 is 69.0. The average molecular weight is 176 g/mol. The minimum Gasteiger partial charge on any atom is -0.205 e. The van der Waals surface area contributed by atoms with Gasteiger partial charge < -0.3 is 0 Å². The molecule has 0 unspecified atom stereocenters. The fourth-order valence-corrected chi connectivity index (χ4v) is 0.238. The van der Waals surface area contributed by atoms with E-state index < -0.39 is 23.7 Å². The Labute approximate surface area is 57.8 Å². The molecule has 0 bridgehead atoms. The second-order valence-corrected chi connectivity index (χ2v) is 1.55. The molecule has 0 aliphatic heterocycles. The molecule has 0 saturated carbocycles. The topological polar surface area (TPSA) is 0 Å². The van der Waals surface area contributed by atoms with E-state index in [-0.39, 0.29) is 0 Å². The Morgan fingerprint density at radius 3 is 1.45 bits per heavy atom. The summed E-state index contributed by atoms with van der Waals surface area (Å²) >= 11 is 0. The van der Waals surface area contributed by atoms with Crippen LogP contribution in [0, 0.1) is 0 Å². The van der Waals surface area contributed by atoms with Gasteiger partial charge in [-0.2, -0.15) is 22.0 Å². The minimum absolute atomic E-state index is 2.01. The molecule has 0 atom stereocenters. The summed E-state index contributed by atoms with van der Waals surface area (Å²) in [6, 6.07) is 0. The van der Waals surface area contributed by atoms with Crippen molar-refractivity contribution in [2.75, 3.05) is 0 Å². The van der Waals surface area contributed by atoms with Gasteiger partial charge in [-0.05, 0) is 0 Å². The van der Waals surface area contributed by atoms with E-state index in [0.717, 1.165) is 0 Å². The van der Waals surface area contributed by atoms with Gasteiger partial charge in [0.2, 0.25) is 5.83 Å². The molecule has 6 heteroatoms. The van der Waals surface area contributed by atoms with Crippen molar-refractivity contribution in [1.82, 2.24) is 0 Å². The van der Waals surface area contributed by atoms with Crippen molar-refractivity contribution in [2.24, 2.45) is 0 Å². The minimum atomic E-state index is -4.92. The molecule has 0 rings (SSSR count). The molecule has 0 aromatic rings. The predicted octanol–water partition coefficient (Wildman–Crippen LogP) is 3.18. The lowest BCUT2D eigenvalue weighted by atomic mass is 10.3. The first kappa shape index (κ1) is 10.1. The molecule has 0 nitrogen and oxygen atoms in total. The number of halogens is 6. The van der Waals surface area contributed by atoms with Crippen LogP contribution < -0.4 is 0 Å². The SMILES string of the molecule is C=C(F)C(F)(F)C(F)=C(F)F. The molecular weight excluding hydrogens is 174 g/mol. The monoisotopic (exact) mass is 176 g/mol. The molecule has 0 fully saturated rings. The van der Waals surface area contributed by atoms with Gasteiger partial charge in [-0.25, -0.2) is 4.39 Å². The Hall–Kier alpha value is -0.940. The third-order valence-corrected chi connectivity index (χ3v) is 0.782. The van der Waals surface area contributed by atoms with E-state index in [4.69, 9.17) is 0 Å². The van der Waals surface area contributed by atoms with Crippen molar-refractivity contribution in [3.8, 4) is 0 Å². The summed E-state index contributed by atoms with van der Waals surface area (Å²) in [7, 11) is 0. The highest BCUT2D eigenvalue weighted by molar-refractivity contribution is 5.17. The molecule has 0 aliphatic carbocycles. The van der Waals surface area contributed by atoms with E-state index in [1.807, 2.05) is 6.58 Å². The molecule has 0 aromatic heterocycles. The number of alkyl halides is 2. The molecule has 0 aliphatic rings. The van der Waals surface area contributed by atoms with Crippen LogP contribution in [0.15, 0.2) is 24.3 Å². The second kappa shape index (κ2) is 2.98. The normalized spacial score (nSPS) is 11.1. The third kappa shape index (κ3) is 1.99. The molecule has 0 amide bonds. The van der Waals surface area contributed by atoms with Crippen molar-refractivity contribution in [3.63, 3.8) is 0 Å². The van der Waals surface area contributed by atoms with Crippen molar-refractivity contribution in [1.29, 1.82) is 0 Å². The Balaban J connectivity index is 4.86. The van der Waals surface area contributed by atoms with E-state index in [0.29, 0.717) is 0 Å². The lowest BCUT2D eigenvalue weighted by molar-refractivity contribution is 0.0272. The first-order chi connectivity index (χ1) is 4.80. The van der Waals surface area contributed by atoms with Crippen LogP contribution >= 0.6 is 0 Å². The summed E-state index contributed by atoms with van der Waals surface area (Å²) in [6.45, 7) is 2.01. The highest BCUT2D eigenvalue weighted by atomic mass is 19.3. The fraction of sp³-hybridized carbons (Fsp3) is 0.200. The van der Waals surface area contributed by atoms with Gasteiger partial charge in [-0.15, -0.1) is 0 Å². The number of allylic oxidation sites excluding steroid dienone is 2. The average Bonchev–Trinajstić information content (AvgIpc) is 1.85. The van der Waals surface area contributed by atoms with E-state index in [1.54, 1.807) is 0 Å². The fourth-order valence-electron chi connectivity index (χ4n) is 0.238. The Bertz CT molecular complexity index is 199. The van der Waals surface area contributed by atoms with Gasteiger partial charge in [0.1, 0.15) is 0 Å². The highest BCUT2D eigenvalue weighted by Crippen LogP contribution is 2.35. The quantitative estimate of drug-likeness (QED) is 0.566. The van der Waals surface area contributed by atoms with Crippen molar-refractivity contribution < 1.29 is 26.3 Å². The van der Waals surface area contributed by atoms with Gasteiger partial charge in [-0.1, -0.05) is 6.58 Å². The lowest BCUT2D eigenvalue weighted by Gasteiger charge is -2.08. The first-order valence-corrected chi connectivity index (χ1v) is 2.24. The van der Waals surface area contributed by atoms with Gasteiger partial charge in [-0.3, -0.25) is 0 Å². The van der Waals surface area contributed by atoms with Gasteiger partial charge in [0.05, 0.1) is 0 Å². The summed E-state index contributed by atoms with van der Waals surface area (Å²) in [5, 5.41) is 0. The molecule has 11 heavy (non-hydrogen) atoms. The molecule has 0 saturated heterocycles.